The van der Waals surface area contributed by atoms with Crippen molar-refractivity contribution in [2.75, 3.05) is 24.2 Å². The Bertz CT molecular complexity index is 1250. The number of halogens is 1. The molecule has 2 N–H and O–H groups in total. The van der Waals surface area contributed by atoms with Gasteiger partial charge in [-0.25, -0.2) is 22.8 Å². The zero-order valence-electron chi connectivity index (χ0n) is 16.9. The molecule has 170 valence electrons. The zero-order valence-corrected chi connectivity index (χ0v) is 19.3. The molecular weight excluding hydrogens is 476 g/mol. The number of rotatable bonds is 6. The first-order valence-corrected chi connectivity index (χ1v) is 12.9. The van der Waals surface area contributed by atoms with Crippen molar-refractivity contribution in [2.45, 2.75) is 30.3 Å². The number of likely N-dealkylation sites (tertiary alicyclic amines) is 1. The number of hydrogen-bond acceptors (Lipinski definition) is 7. The van der Waals surface area contributed by atoms with Gasteiger partial charge in [0.1, 0.15) is 5.03 Å². The number of amides is 1. The van der Waals surface area contributed by atoms with Crippen molar-refractivity contribution in [3.8, 4) is 0 Å². The molecule has 3 aromatic rings. The Labute approximate surface area is 193 Å². The molecule has 0 bridgehead atoms. The Kier molecular flexibility index (Phi) is 6.40. The van der Waals surface area contributed by atoms with Gasteiger partial charge in [-0.1, -0.05) is 11.6 Å². The van der Waals surface area contributed by atoms with Crippen LogP contribution in [0.4, 0.5) is 9.93 Å². The van der Waals surface area contributed by atoms with E-state index in [0.717, 1.165) is 22.5 Å². The highest BCUT2D eigenvalue weighted by Crippen LogP contribution is 2.27. The number of benzene rings is 1. The van der Waals surface area contributed by atoms with Gasteiger partial charge in [0, 0.05) is 47.5 Å². The second kappa shape index (κ2) is 9.08. The van der Waals surface area contributed by atoms with E-state index in [1.165, 1.54) is 35.6 Å². The van der Waals surface area contributed by atoms with Crippen LogP contribution < -0.4 is 5.32 Å². The van der Waals surface area contributed by atoms with Crippen LogP contribution in [0, 0.1) is 0 Å². The lowest BCUT2D eigenvalue weighted by molar-refractivity contribution is -0.131. The normalized spacial score (nSPS) is 15.2. The predicted molar refractivity (Wildman–Crippen MR) is 122 cm³/mol. The van der Waals surface area contributed by atoms with Crippen LogP contribution in [0.3, 0.4) is 0 Å². The molecule has 0 radical (unpaired) electrons. The number of piperidine rings is 1. The number of carboxylic acid groups (broad SMARTS) is 1. The molecule has 1 saturated heterocycles. The van der Waals surface area contributed by atoms with Gasteiger partial charge in [-0.05, 0) is 37.1 Å². The van der Waals surface area contributed by atoms with Gasteiger partial charge in [0.05, 0.1) is 11.3 Å². The molecule has 1 aliphatic rings. The lowest BCUT2D eigenvalue weighted by Gasteiger charge is -2.32. The number of nitrogens with one attached hydrogen (secondary N) is 1. The highest BCUT2D eigenvalue weighted by molar-refractivity contribution is 7.91. The van der Waals surface area contributed by atoms with Crippen molar-refractivity contribution >= 4 is 60.8 Å². The van der Waals surface area contributed by atoms with Crippen molar-refractivity contribution < 1.29 is 23.1 Å². The number of sulfone groups is 1. The minimum Gasteiger partial charge on any atom is -0.464 e. The van der Waals surface area contributed by atoms with Crippen LogP contribution >= 0.6 is 22.9 Å². The average molecular weight is 497 g/mol. The smallest absolute Gasteiger partial charge is 0.417 e. The summed E-state index contributed by atoms with van der Waals surface area (Å²) >= 11 is 7.47. The fourth-order valence-corrected chi connectivity index (χ4v) is 6.02. The number of hydrogen-bond donors (Lipinski definition) is 2. The molecule has 3 heterocycles. The molecule has 4 rings (SSSR count). The molecular formula is C20H21ClN4O5S2. The molecule has 0 spiro atoms. The van der Waals surface area contributed by atoms with E-state index in [-0.39, 0.29) is 28.9 Å². The fraction of sp³-hybridized carbons (Fsp3) is 0.350. The second-order valence-electron chi connectivity index (χ2n) is 7.51. The van der Waals surface area contributed by atoms with Crippen LogP contribution in [-0.4, -0.2) is 64.9 Å². The molecule has 32 heavy (non-hydrogen) atoms. The summed E-state index contributed by atoms with van der Waals surface area (Å²) < 4.78 is 26.6. The molecule has 0 saturated carbocycles. The van der Waals surface area contributed by atoms with Gasteiger partial charge >= 0.3 is 6.09 Å². The van der Waals surface area contributed by atoms with Crippen LogP contribution in [0.25, 0.3) is 10.9 Å². The number of anilines is 1. The third-order valence-electron chi connectivity index (χ3n) is 5.43. The summed E-state index contributed by atoms with van der Waals surface area (Å²) in [5, 5.41) is 16.0. The Balaban J connectivity index is 1.41. The maximum absolute atomic E-state index is 12.9. The SMILES string of the molecule is O=C(CCS(=O)(=O)c1cc2cc(Cl)ccc2n1C(=O)O)N1CCC(Nc2nccs2)CC1. The summed E-state index contributed by atoms with van der Waals surface area (Å²) in [6, 6.07) is 5.96. The van der Waals surface area contributed by atoms with Crippen molar-refractivity contribution in [1.82, 2.24) is 14.5 Å². The Morgan fingerprint density at radius 2 is 2.00 bits per heavy atom. The molecule has 12 heteroatoms. The highest BCUT2D eigenvalue weighted by Gasteiger charge is 2.28. The van der Waals surface area contributed by atoms with Crippen LogP contribution in [0.2, 0.25) is 5.02 Å². The van der Waals surface area contributed by atoms with E-state index in [2.05, 4.69) is 10.3 Å². The van der Waals surface area contributed by atoms with Crippen molar-refractivity contribution in [2.24, 2.45) is 0 Å². The quantitative estimate of drug-likeness (QED) is 0.535. The average Bonchev–Trinajstić information content (AvgIpc) is 3.40. The third-order valence-corrected chi connectivity index (χ3v) is 8.05. The molecule has 0 unspecified atom stereocenters. The van der Waals surface area contributed by atoms with Gasteiger partial charge in [0.15, 0.2) is 15.0 Å². The molecule has 1 aliphatic heterocycles. The number of nitrogens with zero attached hydrogens (tertiary/aromatic N) is 3. The van der Waals surface area contributed by atoms with E-state index in [1.807, 2.05) is 5.38 Å². The standard InChI is InChI=1S/C20H21ClN4O5S2/c21-14-1-2-16-13(11-14)12-18(25(16)20(27)28)32(29,30)10-5-17(26)24-7-3-15(4-8-24)23-19-22-6-9-31-19/h1-2,6,9,11-12,15H,3-5,7-8,10H2,(H,22,23)(H,27,28). The monoisotopic (exact) mass is 496 g/mol. The van der Waals surface area contributed by atoms with Crippen molar-refractivity contribution in [1.29, 1.82) is 0 Å². The number of carbonyl (C=O) groups excluding carboxylic acids is 1. The van der Waals surface area contributed by atoms with Gasteiger partial charge in [-0.2, -0.15) is 0 Å². The van der Waals surface area contributed by atoms with E-state index in [0.29, 0.717) is 23.5 Å². The number of thiazole rings is 1. The molecule has 2 aromatic heterocycles. The topological polar surface area (TPSA) is 122 Å². The minimum atomic E-state index is -4.02. The zero-order chi connectivity index (χ0) is 22.9. The van der Waals surface area contributed by atoms with Crippen LogP contribution in [0.15, 0.2) is 40.9 Å². The summed E-state index contributed by atoms with van der Waals surface area (Å²) in [6.07, 6.45) is 1.58. The largest absolute Gasteiger partial charge is 0.464 e. The van der Waals surface area contributed by atoms with Crippen molar-refractivity contribution in [3.63, 3.8) is 0 Å². The van der Waals surface area contributed by atoms with E-state index in [1.54, 1.807) is 11.1 Å². The van der Waals surface area contributed by atoms with Gasteiger partial charge in [0.2, 0.25) is 5.91 Å². The number of aromatic nitrogens is 2. The third kappa shape index (κ3) is 4.74. The summed E-state index contributed by atoms with van der Waals surface area (Å²) in [6.45, 7) is 1.05. The Morgan fingerprint density at radius 3 is 2.66 bits per heavy atom. The molecule has 1 amide bonds. The van der Waals surface area contributed by atoms with Crippen LogP contribution in [0.1, 0.15) is 19.3 Å². The molecule has 0 aliphatic carbocycles. The fourth-order valence-electron chi connectivity index (χ4n) is 3.81. The van der Waals surface area contributed by atoms with Gasteiger partial charge in [0.25, 0.3) is 0 Å². The lowest BCUT2D eigenvalue weighted by Crippen LogP contribution is -2.42. The Morgan fingerprint density at radius 1 is 1.25 bits per heavy atom. The van der Waals surface area contributed by atoms with E-state index >= 15 is 0 Å². The van der Waals surface area contributed by atoms with Crippen LogP contribution in [0.5, 0.6) is 0 Å². The predicted octanol–water partition coefficient (Wildman–Crippen LogP) is 3.54. The van der Waals surface area contributed by atoms with Gasteiger partial charge < -0.3 is 15.3 Å². The first-order chi connectivity index (χ1) is 15.2. The molecule has 9 nitrogen and oxygen atoms in total. The minimum absolute atomic E-state index is 0.213. The maximum atomic E-state index is 12.9. The van der Waals surface area contributed by atoms with Gasteiger partial charge in [-0.15, -0.1) is 11.3 Å². The number of fused-ring (bicyclic) bond motifs is 1. The Hall–Kier alpha value is -2.63. The molecule has 1 aromatic carbocycles. The maximum Gasteiger partial charge on any atom is 0.417 e. The first kappa shape index (κ1) is 22.6. The van der Waals surface area contributed by atoms with E-state index < -0.39 is 21.7 Å². The summed E-state index contributed by atoms with van der Waals surface area (Å²) in [5.41, 5.74) is 0.224. The summed E-state index contributed by atoms with van der Waals surface area (Å²) in [7, 11) is -4.02. The first-order valence-electron chi connectivity index (χ1n) is 9.95. The highest BCUT2D eigenvalue weighted by atomic mass is 35.5. The summed E-state index contributed by atoms with van der Waals surface area (Å²) in [5.74, 6) is -0.734. The number of carbonyl (C=O) groups is 2. The molecule has 1 fully saturated rings. The lowest BCUT2D eigenvalue weighted by atomic mass is 10.1. The van der Waals surface area contributed by atoms with E-state index in [4.69, 9.17) is 11.6 Å². The van der Waals surface area contributed by atoms with E-state index in [9.17, 15) is 23.1 Å². The summed E-state index contributed by atoms with van der Waals surface area (Å²) in [4.78, 5) is 30.2. The second-order valence-corrected chi connectivity index (χ2v) is 10.9. The van der Waals surface area contributed by atoms with Crippen LogP contribution in [-0.2, 0) is 14.6 Å². The van der Waals surface area contributed by atoms with Gasteiger partial charge in [-0.3, -0.25) is 4.79 Å². The molecule has 0 atom stereocenters. The van der Waals surface area contributed by atoms with Crippen molar-refractivity contribution in [3.05, 3.63) is 40.9 Å².